The number of rotatable bonds is 6. The number of para-hydroxylation sites is 1. The number of carbonyl (C=O) groups is 1. The molecule has 140 valence electrons. The van der Waals surface area contributed by atoms with Crippen LogP contribution in [0.4, 0.5) is 0 Å². The van der Waals surface area contributed by atoms with E-state index in [2.05, 4.69) is 34.6 Å². The van der Waals surface area contributed by atoms with Crippen molar-refractivity contribution < 1.29 is 9.53 Å². The van der Waals surface area contributed by atoms with E-state index in [-0.39, 0.29) is 11.9 Å². The molecule has 0 aliphatic carbocycles. The number of hydrogen-bond donors (Lipinski definition) is 2. The third-order valence-corrected chi connectivity index (χ3v) is 5.31. The van der Waals surface area contributed by atoms with E-state index < -0.39 is 0 Å². The van der Waals surface area contributed by atoms with Crippen molar-refractivity contribution in [2.24, 2.45) is 0 Å². The third kappa shape index (κ3) is 3.83. The molecule has 1 aliphatic rings. The van der Waals surface area contributed by atoms with Crippen LogP contribution in [0.25, 0.3) is 10.9 Å². The molecular formula is C22H25N3O2. The molecule has 2 N–H and O–H groups in total. The van der Waals surface area contributed by atoms with Crippen molar-refractivity contribution in [3.63, 3.8) is 0 Å². The second kappa shape index (κ2) is 7.84. The first-order valence-electron chi connectivity index (χ1n) is 9.44. The number of nitrogens with zero attached hydrogens (tertiary/aromatic N) is 1. The summed E-state index contributed by atoms with van der Waals surface area (Å²) >= 11 is 0. The standard InChI is InChI=1S/C22H25N3O2/c1-27-18-8-6-16(7-9-18)10-12-25-13-11-23-21(22(25)26)14-17-15-24-20-5-3-2-4-19(17)20/h2-9,15,21,23-24H,10-14H2,1H3. The molecule has 1 aromatic heterocycles. The molecule has 5 nitrogen and oxygen atoms in total. The molecule has 1 saturated heterocycles. The van der Waals surface area contributed by atoms with Gasteiger partial charge in [0.15, 0.2) is 0 Å². The topological polar surface area (TPSA) is 57.4 Å². The molecular weight excluding hydrogens is 338 g/mol. The lowest BCUT2D eigenvalue weighted by Crippen LogP contribution is -2.56. The van der Waals surface area contributed by atoms with E-state index >= 15 is 0 Å². The zero-order valence-electron chi connectivity index (χ0n) is 15.6. The number of carbonyl (C=O) groups excluding carboxylic acids is 1. The smallest absolute Gasteiger partial charge is 0.240 e. The summed E-state index contributed by atoms with van der Waals surface area (Å²) in [5.74, 6) is 1.05. The van der Waals surface area contributed by atoms with E-state index in [4.69, 9.17) is 4.74 Å². The average molecular weight is 363 g/mol. The van der Waals surface area contributed by atoms with Gasteiger partial charge in [0.2, 0.25) is 5.91 Å². The van der Waals surface area contributed by atoms with E-state index in [1.807, 2.05) is 35.4 Å². The third-order valence-electron chi connectivity index (χ3n) is 5.31. The molecule has 1 atom stereocenters. The van der Waals surface area contributed by atoms with Crippen LogP contribution in [0, 0.1) is 0 Å². The highest BCUT2D eigenvalue weighted by atomic mass is 16.5. The fourth-order valence-corrected chi connectivity index (χ4v) is 3.75. The second-order valence-corrected chi connectivity index (χ2v) is 6.99. The molecule has 0 saturated carbocycles. The molecule has 0 bridgehead atoms. The number of fused-ring (bicyclic) bond motifs is 1. The summed E-state index contributed by atoms with van der Waals surface area (Å²) in [6.45, 7) is 2.35. The van der Waals surface area contributed by atoms with Gasteiger partial charge in [-0.05, 0) is 42.2 Å². The maximum absolute atomic E-state index is 12.9. The number of aromatic amines is 1. The highest BCUT2D eigenvalue weighted by molar-refractivity contribution is 5.86. The minimum Gasteiger partial charge on any atom is -0.497 e. The summed E-state index contributed by atoms with van der Waals surface area (Å²) in [7, 11) is 1.67. The van der Waals surface area contributed by atoms with Gasteiger partial charge in [-0.25, -0.2) is 0 Å². The maximum atomic E-state index is 12.9. The van der Waals surface area contributed by atoms with Gasteiger partial charge in [0.1, 0.15) is 5.75 Å². The van der Waals surface area contributed by atoms with Crippen LogP contribution in [0.1, 0.15) is 11.1 Å². The molecule has 3 aromatic rings. The van der Waals surface area contributed by atoms with E-state index in [1.54, 1.807) is 7.11 Å². The molecule has 1 unspecified atom stereocenters. The highest BCUT2D eigenvalue weighted by Gasteiger charge is 2.28. The van der Waals surface area contributed by atoms with Crippen LogP contribution in [0.15, 0.2) is 54.7 Å². The van der Waals surface area contributed by atoms with Gasteiger partial charge in [-0.1, -0.05) is 30.3 Å². The summed E-state index contributed by atoms with van der Waals surface area (Å²) in [5.41, 5.74) is 3.52. The molecule has 1 fully saturated rings. The predicted octanol–water partition coefficient (Wildman–Crippen LogP) is 2.76. The van der Waals surface area contributed by atoms with Gasteiger partial charge in [-0.15, -0.1) is 0 Å². The number of benzene rings is 2. The van der Waals surface area contributed by atoms with Gasteiger partial charge < -0.3 is 19.9 Å². The van der Waals surface area contributed by atoms with Gasteiger partial charge in [0, 0.05) is 36.7 Å². The van der Waals surface area contributed by atoms with Crippen LogP contribution in [-0.4, -0.2) is 48.6 Å². The minimum absolute atomic E-state index is 0.158. The molecule has 2 aromatic carbocycles. The predicted molar refractivity (Wildman–Crippen MR) is 107 cm³/mol. The summed E-state index contributed by atoms with van der Waals surface area (Å²) < 4.78 is 5.20. The van der Waals surface area contributed by atoms with Gasteiger partial charge in [-0.3, -0.25) is 4.79 Å². The quantitative estimate of drug-likeness (QED) is 0.708. The Morgan fingerprint density at radius 2 is 1.96 bits per heavy atom. The molecule has 5 heteroatoms. The molecule has 1 aliphatic heterocycles. The number of piperazine rings is 1. The number of aromatic nitrogens is 1. The first-order valence-corrected chi connectivity index (χ1v) is 9.44. The summed E-state index contributed by atoms with van der Waals surface area (Å²) in [5, 5.41) is 4.59. The Hall–Kier alpha value is -2.79. The van der Waals surface area contributed by atoms with Gasteiger partial charge >= 0.3 is 0 Å². The van der Waals surface area contributed by atoms with Crippen molar-refractivity contribution in [3.05, 3.63) is 65.9 Å². The molecule has 0 spiro atoms. The summed E-state index contributed by atoms with van der Waals surface area (Å²) in [6, 6.07) is 16.1. The van der Waals surface area contributed by atoms with Crippen molar-refractivity contribution in [2.45, 2.75) is 18.9 Å². The Morgan fingerprint density at radius 3 is 2.78 bits per heavy atom. The zero-order valence-corrected chi connectivity index (χ0v) is 15.6. The van der Waals surface area contributed by atoms with Crippen LogP contribution >= 0.6 is 0 Å². The SMILES string of the molecule is COc1ccc(CCN2CCNC(Cc3c[nH]c4ccccc34)C2=O)cc1. The largest absolute Gasteiger partial charge is 0.497 e. The zero-order chi connectivity index (χ0) is 18.6. The van der Waals surface area contributed by atoms with E-state index in [1.165, 1.54) is 16.5 Å². The lowest BCUT2D eigenvalue weighted by atomic mass is 10.0. The van der Waals surface area contributed by atoms with Crippen molar-refractivity contribution in [1.82, 2.24) is 15.2 Å². The Labute approximate surface area is 159 Å². The first-order chi connectivity index (χ1) is 13.2. The highest BCUT2D eigenvalue weighted by Crippen LogP contribution is 2.20. The van der Waals surface area contributed by atoms with Gasteiger partial charge in [0.05, 0.1) is 13.2 Å². The normalized spacial score (nSPS) is 17.4. The summed E-state index contributed by atoms with van der Waals surface area (Å²) in [6.07, 6.45) is 3.59. The molecule has 1 amide bonds. The average Bonchev–Trinajstić information content (AvgIpc) is 3.12. The monoisotopic (exact) mass is 363 g/mol. The Balaban J connectivity index is 1.39. The number of ether oxygens (including phenoxy) is 1. The van der Waals surface area contributed by atoms with Crippen LogP contribution in [0.2, 0.25) is 0 Å². The second-order valence-electron chi connectivity index (χ2n) is 6.99. The van der Waals surface area contributed by atoms with E-state index in [0.29, 0.717) is 6.42 Å². The minimum atomic E-state index is -0.158. The van der Waals surface area contributed by atoms with Crippen LogP contribution in [0.3, 0.4) is 0 Å². The lowest BCUT2D eigenvalue weighted by molar-refractivity contribution is -0.135. The van der Waals surface area contributed by atoms with Crippen molar-refractivity contribution in [2.75, 3.05) is 26.7 Å². The number of H-pyrrole nitrogens is 1. The van der Waals surface area contributed by atoms with Gasteiger partial charge in [-0.2, -0.15) is 0 Å². The maximum Gasteiger partial charge on any atom is 0.240 e. The van der Waals surface area contributed by atoms with Crippen molar-refractivity contribution in [1.29, 1.82) is 0 Å². The first kappa shape index (κ1) is 17.6. The molecule has 4 rings (SSSR count). The molecule has 2 heterocycles. The fraction of sp³-hybridized carbons (Fsp3) is 0.318. The fourth-order valence-electron chi connectivity index (χ4n) is 3.75. The number of amides is 1. The van der Waals surface area contributed by atoms with Crippen LogP contribution < -0.4 is 10.1 Å². The Bertz CT molecular complexity index is 917. The van der Waals surface area contributed by atoms with Crippen molar-refractivity contribution in [3.8, 4) is 5.75 Å². The number of hydrogen-bond acceptors (Lipinski definition) is 3. The van der Waals surface area contributed by atoms with E-state index in [0.717, 1.165) is 37.3 Å². The Morgan fingerprint density at radius 1 is 1.15 bits per heavy atom. The van der Waals surface area contributed by atoms with Gasteiger partial charge in [0.25, 0.3) is 0 Å². The number of methoxy groups -OCH3 is 1. The van der Waals surface area contributed by atoms with Crippen LogP contribution in [0.5, 0.6) is 5.75 Å². The number of nitrogens with one attached hydrogen (secondary N) is 2. The van der Waals surface area contributed by atoms with E-state index in [9.17, 15) is 4.79 Å². The van der Waals surface area contributed by atoms with Crippen LogP contribution in [-0.2, 0) is 17.6 Å². The lowest BCUT2D eigenvalue weighted by Gasteiger charge is -2.33. The summed E-state index contributed by atoms with van der Waals surface area (Å²) in [4.78, 5) is 18.2. The Kier molecular flexibility index (Phi) is 5.12. The molecule has 27 heavy (non-hydrogen) atoms. The molecule has 0 radical (unpaired) electrons. The van der Waals surface area contributed by atoms with Crippen molar-refractivity contribution >= 4 is 16.8 Å².